The number of rotatable bonds is 0. The molecule has 10 heavy (non-hydrogen) atoms. The highest BCUT2D eigenvalue weighted by atomic mass is 16.5. The highest BCUT2D eigenvalue weighted by Gasteiger charge is 2.41. The summed E-state index contributed by atoms with van der Waals surface area (Å²) in [6, 6.07) is 0.661. The van der Waals surface area contributed by atoms with E-state index in [0.717, 1.165) is 13.2 Å². The lowest BCUT2D eigenvalue weighted by molar-refractivity contribution is -0.166. The van der Waals surface area contributed by atoms with Crippen LogP contribution in [0.4, 0.5) is 0 Å². The van der Waals surface area contributed by atoms with Gasteiger partial charge in [0, 0.05) is 6.04 Å². The first-order valence-electron chi connectivity index (χ1n) is 4.18. The van der Waals surface area contributed by atoms with Gasteiger partial charge in [0.2, 0.25) is 0 Å². The molecule has 2 heteroatoms. The maximum absolute atomic E-state index is 5.59. The lowest BCUT2D eigenvalue weighted by Crippen LogP contribution is -2.54. The summed E-state index contributed by atoms with van der Waals surface area (Å²) in [5, 5.41) is 3.43. The maximum Gasteiger partial charge on any atom is 0.0731 e. The quantitative estimate of drug-likeness (QED) is 0.541. The van der Waals surface area contributed by atoms with E-state index in [1.807, 2.05) is 0 Å². The lowest BCUT2D eigenvalue weighted by atomic mass is 9.82. The third-order valence-corrected chi connectivity index (χ3v) is 2.72. The summed E-state index contributed by atoms with van der Waals surface area (Å²) >= 11 is 0. The van der Waals surface area contributed by atoms with Gasteiger partial charge in [-0.1, -0.05) is 0 Å². The van der Waals surface area contributed by atoms with E-state index >= 15 is 0 Å². The third-order valence-electron chi connectivity index (χ3n) is 2.72. The van der Waals surface area contributed by atoms with Crippen LogP contribution in [0.25, 0.3) is 0 Å². The summed E-state index contributed by atoms with van der Waals surface area (Å²) in [5.74, 6) is 0. The fourth-order valence-electron chi connectivity index (χ4n) is 2.03. The van der Waals surface area contributed by atoms with E-state index in [0.29, 0.717) is 11.6 Å². The monoisotopic (exact) mass is 141 g/mol. The predicted molar refractivity (Wildman–Crippen MR) is 40.0 cm³/mol. The summed E-state index contributed by atoms with van der Waals surface area (Å²) in [5.41, 5.74) is 0.310. The third kappa shape index (κ3) is 0.956. The molecule has 2 nitrogen and oxygen atoms in total. The number of hydrogen-bond acceptors (Lipinski definition) is 2. The van der Waals surface area contributed by atoms with Crippen molar-refractivity contribution in [1.82, 2.24) is 5.32 Å². The van der Waals surface area contributed by atoms with Crippen LogP contribution in [0.3, 0.4) is 0 Å². The first-order valence-corrected chi connectivity index (χ1v) is 4.18. The molecule has 2 heterocycles. The Morgan fingerprint density at radius 3 is 2.70 bits per heavy atom. The van der Waals surface area contributed by atoms with Crippen molar-refractivity contribution in [3.05, 3.63) is 0 Å². The second-order valence-corrected chi connectivity index (χ2v) is 3.59. The van der Waals surface area contributed by atoms with Crippen molar-refractivity contribution in [2.24, 2.45) is 0 Å². The topological polar surface area (TPSA) is 21.3 Å². The molecule has 0 radical (unpaired) electrons. The highest BCUT2D eigenvalue weighted by molar-refractivity contribution is 4.94. The van der Waals surface area contributed by atoms with Crippen molar-refractivity contribution in [3.8, 4) is 0 Å². The van der Waals surface area contributed by atoms with Gasteiger partial charge >= 0.3 is 0 Å². The Morgan fingerprint density at radius 1 is 1.50 bits per heavy atom. The Bertz CT molecular complexity index is 131. The van der Waals surface area contributed by atoms with Gasteiger partial charge in [-0.15, -0.1) is 0 Å². The first kappa shape index (κ1) is 6.62. The Labute approximate surface area is 61.9 Å². The number of ether oxygens (including phenoxy) is 1. The maximum atomic E-state index is 5.59. The highest BCUT2D eigenvalue weighted by Crippen LogP contribution is 2.36. The molecule has 0 aliphatic carbocycles. The Kier molecular flexibility index (Phi) is 1.46. The summed E-state index contributed by atoms with van der Waals surface area (Å²) in [4.78, 5) is 0. The molecule has 2 unspecified atom stereocenters. The molecule has 1 spiro atoms. The summed E-state index contributed by atoms with van der Waals surface area (Å²) < 4.78 is 5.59. The van der Waals surface area contributed by atoms with E-state index in [4.69, 9.17) is 4.74 Å². The molecular weight excluding hydrogens is 126 g/mol. The van der Waals surface area contributed by atoms with Crippen molar-refractivity contribution in [1.29, 1.82) is 0 Å². The summed E-state index contributed by atoms with van der Waals surface area (Å²) in [6.45, 7) is 4.37. The Hall–Kier alpha value is -0.0800. The minimum Gasteiger partial charge on any atom is -0.375 e. The van der Waals surface area contributed by atoms with Crippen LogP contribution in [0.2, 0.25) is 0 Å². The fraction of sp³-hybridized carbons (Fsp3) is 1.00. The number of piperidine rings is 1. The van der Waals surface area contributed by atoms with Crippen molar-refractivity contribution in [2.75, 3.05) is 13.2 Å². The SMILES string of the molecule is CC1CC2(CCN1)CCO2. The van der Waals surface area contributed by atoms with Gasteiger partial charge in [-0.3, -0.25) is 0 Å². The molecule has 2 saturated heterocycles. The van der Waals surface area contributed by atoms with Crippen LogP contribution in [0.1, 0.15) is 26.2 Å². The predicted octanol–water partition coefficient (Wildman–Crippen LogP) is 0.917. The fourth-order valence-corrected chi connectivity index (χ4v) is 2.03. The van der Waals surface area contributed by atoms with Gasteiger partial charge < -0.3 is 10.1 Å². The largest absolute Gasteiger partial charge is 0.375 e. The number of hydrogen-bond donors (Lipinski definition) is 1. The van der Waals surface area contributed by atoms with Gasteiger partial charge in [0.25, 0.3) is 0 Å². The number of nitrogens with one attached hydrogen (secondary N) is 1. The molecule has 0 bridgehead atoms. The molecule has 0 saturated carbocycles. The molecular formula is C8H15NO. The summed E-state index contributed by atoms with van der Waals surface area (Å²) in [6.07, 6.45) is 3.73. The molecule has 58 valence electrons. The van der Waals surface area contributed by atoms with Crippen LogP contribution < -0.4 is 5.32 Å². The molecule has 2 atom stereocenters. The zero-order valence-electron chi connectivity index (χ0n) is 6.52. The zero-order valence-corrected chi connectivity index (χ0v) is 6.52. The van der Waals surface area contributed by atoms with Gasteiger partial charge in [-0.2, -0.15) is 0 Å². The zero-order chi connectivity index (χ0) is 7.03. The smallest absolute Gasteiger partial charge is 0.0731 e. The minimum atomic E-state index is 0.310. The van der Waals surface area contributed by atoms with E-state index in [1.165, 1.54) is 19.3 Å². The van der Waals surface area contributed by atoms with E-state index in [2.05, 4.69) is 12.2 Å². The average Bonchev–Trinajstić information content (AvgIpc) is 1.85. The van der Waals surface area contributed by atoms with Crippen LogP contribution in [0.15, 0.2) is 0 Å². The average molecular weight is 141 g/mol. The van der Waals surface area contributed by atoms with Gasteiger partial charge in [-0.05, 0) is 32.7 Å². The molecule has 2 aliphatic rings. The van der Waals surface area contributed by atoms with Crippen LogP contribution in [0.5, 0.6) is 0 Å². The van der Waals surface area contributed by atoms with E-state index < -0.39 is 0 Å². The summed E-state index contributed by atoms with van der Waals surface area (Å²) in [7, 11) is 0. The molecule has 1 N–H and O–H groups in total. The molecule has 2 aliphatic heterocycles. The first-order chi connectivity index (χ1) is 4.81. The van der Waals surface area contributed by atoms with Crippen molar-refractivity contribution in [2.45, 2.75) is 37.8 Å². The lowest BCUT2D eigenvalue weighted by Gasteiger charge is -2.47. The van der Waals surface area contributed by atoms with E-state index in [1.54, 1.807) is 0 Å². The molecule has 2 rings (SSSR count). The van der Waals surface area contributed by atoms with Gasteiger partial charge in [0.1, 0.15) is 0 Å². The van der Waals surface area contributed by atoms with E-state index in [9.17, 15) is 0 Å². The van der Waals surface area contributed by atoms with Crippen LogP contribution in [0, 0.1) is 0 Å². The van der Waals surface area contributed by atoms with Crippen LogP contribution >= 0.6 is 0 Å². The molecule has 0 aromatic rings. The van der Waals surface area contributed by atoms with E-state index in [-0.39, 0.29) is 0 Å². The standard InChI is InChI=1S/C8H15NO/c1-7-6-8(2-4-9-7)3-5-10-8/h7,9H,2-6H2,1H3. The normalized spacial score (nSPS) is 47.1. The van der Waals surface area contributed by atoms with Gasteiger partial charge in [-0.25, -0.2) is 0 Å². The van der Waals surface area contributed by atoms with Crippen LogP contribution in [-0.4, -0.2) is 24.8 Å². The van der Waals surface area contributed by atoms with Gasteiger partial charge in [0.15, 0.2) is 0 Å². The molecule has 2 fully saturated rings. The molecule has 0 aromatic carbocycles. The minimum absolute atomic E-state index is 0.310. The molecule has 0 aromatic heterocycles. The molecule has 0 amide bonds. The second kappa shape index (κ2) is 2.21. The Morgan fingerprint density at radius 2 is 2.30 bits per heavy atom. The van der Waals surface area contributed by atoms with Crippen molar-refractivity contribution < 1.29 is 4.74 Å². The second-order valence-electron chi connectivity index (χ2n) is 3.59. The van der Waals surface area contributed by atoms with Crippen LogP contribution in [-0.2, 0) is 4.74 Å². The van der Waals surface area contributed by atoms with Crippen molar-refractivity contribution >= 4 is 0 Å². The van der Waals surface area contributed by atoms with Gasteiger partial charge in [0.05, 0.1) is 12.2 Å². The Balaban J connectivity index is 1.96. The van der Waals surface area contributed by atoms with Crippen molar-refractivity contribution in [3.63, 3.8) is 0 Å².